The van der Waals surface area contributed by atoms with Gasteiger partial charge in [0.25, 0.3) is 0 Å². The quantitative estimate of drug-likeness (QED) is 0.284. The zero-order valence-corrected chi connectivity index (χ0v) is 21.4. The van der Waals surface area contributed by atoms with Gasteiger partial charge < -0.3 is 14.2 Å². The van der Waals surface area contributed by atoms with Gasteiger partial charge in [-0.05, 0) is 76.9 Å². The van der Waals surface area contributed by atoms with Gasteiger partial charge in [0.15, 0.2) is 6.34 Å². The van der Waals surface area contributed by atoms with E-state index in [1.165, 1.54) is 0 Å². The van der Waals surface area contributed by atoms with Crippen LogP contribution < -0.4 is 10.2 Å². The maximum Gasteiger partial charge on any atom is 0.494 e. The fraction of sp³-hybridized carbons (Fsp3) is 0.652. The van der Waals surface area contributed by atoms with Crippen LogP contribution in [0, 0.1) is 6.57 Å². The number of aryl methyl sites for hydroxylation is 1. The average molecular weight is 475 g/mol. The summed E-state index contributed by atoms with van der Waals surface area (Å²) in [4.78, 5) is 5.51. The van der Waals surface area contributed by atoms with E-state index in [9.17, 15) is 8.42 Å². The number of hydrogen-bond acceptors (Lipinski definition) is 5. The van der Waals surface area contributed by atoms with Crippen molar-refractivity contribution in [1.29, 1.82) is 0 Å². The molecule has 1 aliphatic carbocycles. The average Bonchev–Trinajstić information content (AvgIpc) is 2.98. The molecule has 2 fully saturated rings. The Balaban J connectivity index is 1.77. The summed E-state index contributed by atoms with van der Waals surface area (Å²) in [6, 6.07) is 5.38. The molecule has 0 amide bonds. The van der Waals surface area contributed by atoms with E-state index < -0.39 is 28.3 Å². The zero-order chi connectivity index (χ0) is 24.4. The van der Waals surface area contributed by atoms with Crippen molar-refractivity contribution in [3.63, 3.8) is 0 Å². The summed E-state index contributed by atoms with van der Waals surface area (Å²) in [7, 11) is -2.30. The molecule has 1 aromatic carbocycles. The Morgan fingerprint density at radius 2 is 1.94 bits per heavy atom. The van der Waals surface area contributed by atoms with Crippen LogP contribution in [0.1, 0.15) is 65.9 Å². The summed E-state index contributed by atoms with van der Waals surface area (Å²) in [6.07, 6.45) is 5.55. The molecule has 0 aromatic heterocycles. The summed E-state index contributed by atoms with van der Waals surface area (Å²) in [5, 5.41) is 3.72. The molecule has 8 nitrogen and oxygen atoms in total. The lowest BCUT2D eigenvalue weighted by molar-refractivity contribution is 0.00578. The monoisotopic (exact) mass is 475 g/mol. The molecule has 10 heteroatoms. The summed E-state index contributed by atoms with van der Waals surface area (Å²) >= 11 is 0. The third kappa shape index (κ3) is 5.60. The topological polar surface area (TPSA) is 84.6 Å². The van der Waals surface area contributed by atoms with Crippen LogP contribution in [0.5, 0.6) is 0 Å². The lowest BCUT2D eigenvalue weighted by atomic mass is 9.78. The first kappa shape index (κ1) is 25.7. The van der Waals surface area contributed by atoms with Gasteiger partial charge in [-0.25, -0.2) is 13.1 Å². The van der Waals surface area contributed by atoms with E-state index in [1.54, 1.807) is 18.5 Å². The summed E-state index contributed by atoms with van der Waals surface area (Å²) in [5.74, 6) is 0. The summed E-state index contributed by atoms with van der Waals surface area (Å²) in [5.41, 5.74) is 0.665. The molecule has 33 heavy (non-hydrogen) atoms. The molecule has 1 N–H and O–H groups in total. The fourth-order valence-corrected chi connectivity index (χ4v) is 5.97. The van der Waals surface area contributed by atoms with Gasteiger partial charge in [0.05, 0.1) is 16.1 Å². The van der Waals surface area contributed by atoms with Gasteiger partial charge in [0.1, 0.15) is 10.1 Å². The molecule has 1 aromatic rings. The second kappa shape index (κ2) is 9.75. The highest BCUT2D eigenvalue weighted by Gasteiger charge is 2.51. The molecular weight excluding hydrogens is 439 g/mol. The maximum absolute atomic E-state index is 13.3. The highest BCUT2D eigenvalue weighted by Crippen LogP contribution is 2.36. The Kier molecular flexibility index (Phi) is 7.59. The molecule has 0 radical (unpaired) electrons. The first-order valence-corrected chi connectivity index (χ1v) is 13.0. The molecular formula is C23H36BN4O4S+. The Morgan fingerprint density at radius 3 is 2.55 bits per heavy atom. The number of benzene rings is 1. The number of sulfonamides is 1. The summed E-state index contributed by atoms with van der Waals surface area (Å²) < 4.78 is 41.9. The van der Waals surface area contributed by atoms with Crippen molar-refractivity contribution < 1.29 is 17.7 Å². The normalized spacial score (nSPS) is 24.7. The molecule has 2 unspecified atom stereocenters. The molecule has 3 rings (SSSR count). The third-order valence-electron chi connectivity index (χ3n) is 7.13. The lowest BCUT2D eigenvalue weighted by Gasteiger charge is -2.34. The van der Waals surface area contributed by atoms with Crippen LogP contribution in [-0.2, 0) is 25.8 Å². The van der Waals surface area contributed by atoms with Crippen molar-refractivity contribution in [2.24, 2.45) is 5.10 Å². The Hall–Kier alpha value is -1.93. The van der Waals surface area contributed by atoms with Crippen LogP contribution in [-0.4, -0.2) is 57.1 Å². The van der Waals surface area contributed by atoms with Crippen LogP contribution >= 0.6 is 0 Å². The van der Waals surface area contributed by atoms with Gasteiger partial charge in [0, 0.05) is 19.1 Å². The Bertz CT molecular complexity index is 1020. The van der Waals surface area contributed by atoms with Gasteiger partial charge in [-0.15, -0.1) is 0 Å². The van der Waals surface area contributed by atoms with Crippen LogP contribution in [0.2, 0.25) is 0 Å². The van der Waals surface area contributed by atoms with E-state index in [-0.39, 0.29) is 12.1 Å². The first-order chi connectivity index (χ1) is 15.4. The van der Waals surface area contributed by atoms with E-state index in [0.717, 1.165) is 30.3 Å². The first-order valence-electron chi connectivity index (χ1n) is 11.6. The third-order valence-corrected chi connectivity index (χ3v) is 8.75. The molecule has 2 aliphatic rings. The Labute approximate surface area is 198 Å². The van der Waals surface area contributed by atoms with Crippen LogP contribution in [0.4, 0.5) is 0 Å². The van der Waals surface area contributed by atoms with Crippen molar-refractivity contribution >= 4 is 28.9 Å². The maximum atomic E-state index is 13.3. The van der Waals surface area contributed by atoms with E-state index in [1.807, 2.05) is 52.6 Å². The van der Waals surface area contributed by atoms with Crippen molar-refractivity contribution in [3.8, 4) is 6.57 Å². The van der Waals surface area contributed by atoms with Gasteiger partial charge in [-0.2, -0.15) is 0 Å². The minimum Gasteiger partial charge on any atom is -0.399 e. The van der Waals surface area contributed by atoms with Crippen molar-refractivity contribution in [1.82, 2.24) is 9.62 Å². The van der Waals surface area contributed by atoms with Gasteiger partial charge in [-0.3, -0.25) is 0 Å². The van der Waals surface area contributed by atoms with Crippen LogP contribution in [0.25, 0.3) is 4.95 Å². The molecule has 1 saturated heterocycles. The largest absolute Gasteiger partial charge is 0.494 e. The van der Waals surface area contributed by atoms with Crippen molar-refractivity contribution in [2.75, 3.05) is 7.05 Å². The van der Waals surface area contributed by atoms with Gasteiger partial charge >= 0.3 is 13.7 Å². The van der Waals surface area contributed by atoms with E-state index in [0.29, 0.717) is 17.7 Å². The van der Waals surface area contributed by atoms with Gasteiger partial charge in [0.2, 0.25) is 10.0 Å². The predicted octanol–water partition coefficient (Wildman–Crippen LogP) is 2.98. The van der Waals surface area contributed by atoms with Crippen molar-refractivity contribution in [2.45, 2.75) is 94.9 Å². The number of nitrogens with one attached hydrogen (secondary N) is 1. The SMILES string of the molecule is C#[N+]N=CN(C)C1CCCC(NS(=O)(=O)c2ccc(B3OC(C)(C)C(C)(C)O3)cc2CC)C1. The second-order valence-corrected chi connectivity index (χ2v) is 11.6. The Morgan fingerprint density at radius 1 is 1.27 bits per heavy atom. The second-order valence-electron chi connectivity index (χ2n) is 9.96. The van der Waals surface area contributed by atoms with Crippen molar-refractivity contribution in [3.05, 3.63) is 28.7 Å². The summed E-state index contributed by atoms with van der Waals surface area (Å²) in [6.45, 7) is 15.0. The number of nitrogens with zero attached hydrogens (tertiary/aromatic N) is 3. The highest BCUT2D eigenvalue weighted by molar-refractivity contribution is 7.89. The molecule has 1 aliphatic heterocycles. The molecule has 1 saturated carbocycles. The lowest BCUT2D eigenvalue weighted by Crippen LogP contribution is -2.44. The smallest absolute Gasteiger partial charge is 0.399 e. The van der Waals surface area contributed by atoms with Gasteiger partial charge in [-0.1, -0.05) is 19.1 Å². The number of rotatable bonds is 7. The number of hydrogen-bond donors (Lipinski definition) is 1. The zero-order valence-electron chi connectivity index (χ0n) is 20.5. The molecule has 1 heterocycles. The minimum atomic E-state index is -3.68. The molecule has 0 spiro atoms. The molecule has 2 atom stereocenters. The highest BCUT2D eigenvalue weighted by atomic mass is 32.2. The predicted molar refractivity (Wildman–Crippen MR) is 132 cm³/mol. The standard InChI is InChI=1S/C23H36BN4O4S/c1-8-17-14-18(24-31-22(2,3)23(4,5)32-24)12-13-21(17)33(29,30)27-19-10-9-11-20(15-19)28(7)16-26-25-6/h6,12-14,16,19-20,27H,8-11,15H2,1-5,7H3/q+1. The fourth-order valence-electron chi connectivity index (χ4n) is 4.39. The minimum absolute atomic E-state index is 0.146. The molecule has 180 valence electrons. The van der Waals surface area contributed by atoms with E-state index in [4.69, 9.17) is 15.9 Å². The van der Waals surface area contributed by atoms with E-state index >= 15 is 0 Å². The molecule has 0 bridgehead atoms. The van der Waals surface area contributed by atoms with E-state index in [2.05, 4.69) is 14.8 Å². The van der Waals surface area contributed by atoms with Crippen LogP contribution in [0.3, 0.4) is 0 Å². The van der Waals surface area contributed by atoms with Crippen LogP contribution in [0.15, 0.2) is 28.2 Å².